The van der Waals surface area contributed by atoms with Crippen molar-refractivity contribution in [1.82, 2.24) is 15.6 Å². The van der Waals surface area contributed by atoms with E-state index >= 15 is 0 Å². The number of thiazole rings is 1. The summed E-state index contributed by atoms with van der Waals surface area (Å²) in [7, 11) is 0. The van der Waals surface area contributed by atoms with Crippen LogP contribution in [0, 0.1) is 5.41 Å². The minimum atomic E-state index is -0.394. The second kappa shape index (κ2) is 5.59. The predicted octanol–water partition coefficient (Wildman–Crippen LogP) is 2.27. The molecule has 1 aliphatic heterocycles. The summed E-state index contributed by atoms with van der Waals surface area (Å²) in [5.41, 5.74) is -0.627. The molecule has 0 spiro atoms. The Hall–Kier alpha value is -0.940. The van der Waals surface area contributed by atoms with Crippen molar-refractivity contribution in [2.45, 2.75) is 45.6 Å². The lowest BCUT2D eigenvalue weighted by Gasteiger charge is -2.32. The van der Waals surface area contributed by atoms with Crippen molar-refractivity contribution in [3.63, 3.8) is 0 Å². The van der Waals surface area contributed by atoms with Gasteiger partial charge < -0.3 is 10.6 Å². The highest BCUT2D eigenvalue weighted by Gasteiger charge is 2.42. The van der Waals surface area contributed by atoms with Crippen LogP contribution in [0.15, 0.2) is 11.6 Å². The van der Waals surface area contributed by atoms with E-state index in [2.05, 4.69) is 22.5 Å². The Balaban J connectivity index is 2.11. The zero-order valence-corrected chi connectivity index (χ0v) is 12.8. The van der Waals surface area contributed by atoms with Crippen LogP contribution < -0.4 is 10.6 Å². The summed E-state index contributed by atoms with van der Waals surface area (Å²) in [4.78, 5) is 17.0. The Morgan fingerprint density at radius 3 is 2.95 bits per heavy atom. The number of rotatable bonds is 5. The summed E-state index contributed by atoms with van der Waals surface area (Å²) in [6.07, 6.45) is 4.69. The lowest BCUT2D eigenvalue weighted by Crippen LogP contribution is -2.50. The molecule has 2 rings (SSSR count). The molecule has 0 aliphatic carbocycles. The molecule has 0 bridgehead atoms. The van der Waals surface area contributed by atoms with E-state index in [1.165, 1.54) is 0 Å². The first-order chi connectivity index (χ1) is 9.00. The number of hydrogen-bond acceptors (Lipinski definition) is 4. The lowest BCUT2D eigenvalue weighted by atomic mass is 9.81. The van der Waals surface area contributed by atoms with Crippen LogP contribution >= 0.6 is 11.3 Å². The number of hydrogen-bond donors (Lipinski definition) is 2. The number of nitrogens with one attached hydrogen (secondary N) is 2. The summed E-state index contributed by atoms with van der Waals surface area (Å²) >= 11 is 1.59. The molecule has 2 heterocycles. The number of carbonyl (C=O) groups excluding carboxylic acids is 1. The standard InChI is InChI=1S/C14H23N3OS/c1-4-5-14(6-7-15-10-14)11(18)17-13(2,3)12-16-8-9-19-12/h8-9,15H,4-7,10H2,1-3H3,(H,17,18). The van der Waals surface area contributed by atoms with Crippen LogP contribution in [0.3, 0.4) is 0 Å². The molecule has 1 unspecified atom stereocenters. The van der Waals surface area contributed by atoms with Crippen LogP contribution in [0.2, 0.25) is 0 Å². The second-order valence-electron chi connectivity index (χ2n) is 5.87. The number of carbonyl (C=O) groups is 1. The maximum Gasteiger partial charge on any atom is 0.228 e. The van der Waals surface area contributed by atoms with Crippen LogP contribution in [-0.4, -0.2) is 24.0 Å². The minimum absolute atomic E-state index is 0.166. The smallest absolute Gasteiger partial charge is 0.228 e. The lowest BCUT2D eigenvalue weighted by molar-refractivity contribution is -0.132. The van der Waals surface area contributed by atoms with Gasteiger partial charge >= 0.3 is 0 Å². The third-order valence-corrected chi connectivity index (χ3v) is 4.94. The molecule has 1 atom stereocenters. The summed E-state index contributed by atoms with van der Waals surface area (Å²) in [6.45, 7) is 7.91. The normalized spacial score (nSPS) is 23.5. The highest BCUT2D eigenvalue weighted by molar-refractivity contribution is 7.09. The van der Waals surface area contributed by atoms with E-state index in [1.54, 1.807) is 17.5 Å². The Labute approximate surface area is 119 Å². The van der Waals surface area contributed by atoms with Gasteiger partial charge in [-0.25, -0.2) is 4.98 Å². The summed E-state index contributed by atoms with van der Waals surface area (Å²) in [5.74, 6) is 0.166. The highest BCUT2D eigenvalue weighted by atomic mass is 32.1. The van der Waals surface area contributed by atoms with Crippen molar-refractivity contribution in [2.75, 3.05) is 13.1 Å². The fraction of sp³-hybridized carbons (Fsp3) is 0.714. The van der Waals surface area contributed by atoms with E-state index in [4.69, 9.17) is 0 Å². The van der Waals surface area contributed by atoms with Gasteiger partial charge in [-0.05, 0) is 33.2 Å². The van der Waals surface area contributed by atoms with Gasteiger partial charge in [0.1, 0.15) is 5.01 Å². The average molecular weight is 281 g/mol. The molecule has 1 fully saturated rings. The Kier molecular flexibility index (Phi) is 4.26. The average Bonchev–Trinajstić information content (AvgIpc) is 3.00. The molecule has 1 amide bonds. The van der Waals surface area contributed by atoms with Crippen molar-refractivity contribution >= 4 is 17.2 Å². The van der Waals surface area contributed by atoms with Gasteiger partial charge in [0.2, 0.25) is 5.91 Å². The number of aromatic nitrogens is 1. The topological polar surface area (TPSA) is 54.0 Å². The van der Waals surface area contributed by atoms with Gasteiger partial charge in [-0.2, -0.15) is 0 Å². The molecule has 5 heteroatoms. The largest absolute Gasteiger partial charge is 0.344 e. The fourth-order valence-corrected chi connectivity index (χ4v) is 3.46. The molecule has 2 N–H and O–H groups in total. The van der Waals surface area contributed by atoms with Gasteiger partial charge in [-0.15, -0.1) is 11.3 Å². The van der Waals surface area contributed by atoms with Crippen LogP contribution in [0.4, 0.5) is 0 Å². The molecule has 1 aromatic rings. The van der Waals surface area contributed by atoms with Gasteiger partial charge in [0.05, 0.1) is 11.0 Å². The SMILES string of the molecule is CCCC1(C(=O)NC(C)(C)c2nccs2)CCNC1. The molecule has 0 saturated carbocycles. The van der Waals surface area contributed by atoms with Gasteiger partial charge in [0, 0.05) is 18.1 Å². The van der Waals surface area contributed by atoms with Crippen LogP contribution in [0.1, 0.15) is 45.0 Å². The highest BCUT2D eigenvalue weighted by Crippen LogP contribution is 2.33. The molecule has 0 aromatic carbocycles. The zero-order chi connectivity index (χ0) is 13.9. The third-order valence-electron chi connectivity index (χ3n) is 3.85. The van der Waals surface area contributed by atoms with E-state index in [9.17, 15) is 4.79 Å². The van der Waals surface area contributed by atoms with E-state index in [1.807, 2.05) is 19.2 Å². The van der Waals surface area contributed by atoms with Crippen molar-refractivity contribution in [1.29, 1.82) is 0 Å². The van der Waals surface area contributed by atoms with Crippen molar-refractivity contribution in [3.05, 3.63) is 16.6 Å². The van der Waals surface area contributed by atoms with Crippen molar-refractivity contribution in [3.8, 4) is 0 Å². The summed E-state index contributed by atoms with van der Waals surface area (Å²) in [6, 6.07) is 0. The Morgan fingerprint density at radius 1 is 1.63 bits per heavy atom. The fourth-order valence-electron chi connectivity index (χ4n) is 2.74. The summed E-state index contributed by atoms with van der Waals surface area (Å²) < 4.78 is 0. The number of amides is 1. The van der Waals surface area contributed by atoms with E-state index < -0.39 is 5.54 Å². The maximum atomic E-state index is 12.7. The van der Waals surface area contributed by atoms with Crippen LogP contribution in [-0.2, 0) is 10.3 Å². The van der Waals surface area contributed by atoms with Crippen LogP contribution in [0.25, 0.3) is 0 Å². The summed E-state index contributed by atoms with van der Waals surface area (Å²) in [5, 5.41) is 9.42. The zero-order valence-electron chi connectivity index (χ0n) is 12.0. The first kappa shape index (κ1) is 14.5. The molecular weight excluding hydrogens is 258 g/mol. The predicted molar refractivity (Wildman–Crippen MR) is 78.1 cm³/mol. The van der Waals surface area contributed by atoms with Crippen molar-refractivity contribution in [2.24, 2.45) is 5.41 Å². The quantitative estimate of drug-likeness (QED) is 0.870. The van der Waals surface area contributed by atoms with Crippen molar-refractivity contribution < 1.29 is 4.79 Å². The maximum absolute atomic E-state index is 12.7. The molecule has 1 aliphatic rings. The molecule has 1 aromatic heterocycles. The molecule has 106 valence electrons. The molecule has 0 radical (unpaired) electrons. The molecular formula is C14H23N3OS. The minimum Gasteiger partial charge on any atom is -0.344 e. The van der Waals surface area contributed by atoms with Gasteiger partial charge in [-0.1, -0.05) is 13.3 Å². The van der Waals surface area contributed by atoms with Gasteiger partial charge in [0.15, 0.2) is 0 Å². The van der Waals surface area contributed by atoms with Gasteiger partial charge in [-0.3, -0.25) is 4.79 Å². The van der Waals surface area contributed by atoms with E-state index in [-0.39, 0.29) is 11.3 Å². The van der Waals surface area contributed by atoms with Gasteiger partial charge in [0.25, 0.3) is 0 Å². The second-order valence-corrected chi connectivity index (χ2v) is 6.77. The van der Waals surface area contributed by atoms with Crippen LogP contribution in [0.5, 0.6) is 0 Å². The monoisotopic (exact) mass is 281 g/mol. The van der Waals surface area contributed by atoms with E-state index in [0.717, 1.165) is 37.4 Å². The number of nitrogens with zero attached hydrogens (tertiary/aromatic N) is 1. The molecule has 4 nitrogen and oxygen atoms in total. The Morgan fingerprint density at radius 2 is 2.42 bits per heavy atom. The van der Waals surface area contributed by atoms with E-state index in [0.29, 0.717) is 0 Å². The molecule has 19 heavy (non-hydrogen) atoms. The Bertz CT molecular complexity index is 422. The first-order valence-electron chi connectivity index (χ1n) is 6.93. The molecule has 1 saturated heterocycles. The third kappa shape index (κ3) is 2.98. The first-order valence-corrected chi connectivity index (χ1v) is 7.81.